The van der Waals surface area contributed by atoms with Gasteiger partial charge in [-0.05, 0) is 73.0 Å². The largest absolute Gasteiger partial charge is 0.507 e. The minimum Gasteiger partial charge on any atom is -0.507 e. The second-order valence-corrected chi connectivity index (χ2v) is 10.1. The molecule has 1 aromatic rings. The number of Topliss-reactive ketones (excluding diaryl/α,β-unsaturated/α-hetero) is 2. The average molecular weight is 600 g/mol. The van der Waals surface area contributed by atoms with E-state index in [0.717, 1.165) is 38.8 Å². The van der Waals surface area contributed by atoms with Gasteiger partial charge in [0.1, 0.15) is 34.0 Å². The molecule has 1 atom stereocenters. The number of phenolic OH excluding ortho intramolecular Hbond substituents is 2. The van der Waals surface area contributed by atoms with Crippen LogP contribution in [0.15, 0.2) is 23.1 Å². The number of aliphatic carboxylic acids is 1. The predicted octanol–water partition coefficient (Wildman–Crippen LogP) is 2.90. The van der Waals surface area contributed by atoms with Gasteiger partial charge >= 0.3 is 12.1 Å². The van der Waals surface area contributed by atoms with Gasteiger partial charge in [0.15, 0.2) is 17.3 Å². The summed E-state index contributed by atoms with van der Waals surface area (Å²) in [6, 6.07) is 0. The van der Waals surface area contributed by atoms with Gasteiger partial charge in [-0.15, -0.1) is 0 Å². The minimum absolute atomic E-state index is 0.0119. The Labute approximate surface area is 240 Å². The minimum atomic E-state index is -5.08. The van der Waals surface area contributed by atoms with Crippen LogP contribution < -0.4 is 21.1 Å². The van der Waals surface area contributed by atoms with Crippen molar-refractivity contribution in [2.75, 3.05) is 26.2 Å². The summed E-state index contributed by atoms with van der Waals surface area (Å²) in [5.41, 5.74) is 4.46. The molecule has 0 amide bonds. The van der Waals surface area contributed by atoms with Crippen molar-refractivity contribution in [3.63, 3.8) is 0 Å². The molecule has 0 saturated carbocycles. The SMILES string of the molecule is CC(=O)c1c(O)c(C)c(O)c2c1OC1=CC(=O)/C(=C(/C)NCCCCNCCCCN)C(=O)[C@@]12C.O=C(O)C(F)(F)F. The van der Waals surface area contributed by atoms with Crippen LogP contribution in [0.2, 0.25) is 0 Å². The Bertz CT molecular complexity index is 1320. The Balaban J connectivity index is 0.000000782. The van der Waals surface area contributed by atoms with E-state index in [9.17, 15) is 37.8 Å². The first kappa shape index (κ1) is 34.3. The van der Waals surface area contributed by atoms with E-state index < -0.39 is 40.7 Å². The standard InChI is InChI=1S/C26H35N3O6.C2HF3O2/c1-14-22(32)20(16(3)30)24-21(23(14)33)26(4)18(35-24)13-17(31)19(25(26)34)15(2)29-12-8-7-11-28-10-6-5-9-27;3-2(4,5)1(6)7/h13,28-29,32-33H,5-12,27H2,1-4H3;(H,6,7)/b19-15+;/t26-;/m0./s1. The third-order valence-corrected chi connectivity index (χ3v) is 6.98. The van der Waals surface area contributed by atoms with Gasteiger partial charge in [0.25, 0.3) is 0 Å². The molecular weight excluding hydrogens is 563 g/mol. The van der Waals surface area contributed by atoms with Crippen LogP contribution in [-0.4, -0.2) is 71.0 Å². The third-order valence-electron chi connectivity index (χ3n) is 6.98. The number of halogens is 3. The van der Waals surface area contributed by atoms with Crippen molar-refractivity contribution in [1.82, 2.24) is 10.6 Å². The number of nitrogens with one attached hydrogen (secondary N) is 2. The van der Waals surface area contributed by atoms with Gasteiger partial charge in [0.05, 0.1) is 11.1 Å². The smallest absolute Gasteiger partial charge is 0.490 e. The Morgan fingerprint density at radius 1 is 1.02 bits per heavy atom. The fourth-order valence-electron chi connectivity index (χ4n) is 4.62. The van der Waals surface area contributed by atoms with E-state index in [1.54, 1.807) is 13.8 Å². The Morgan fingerprint density at radius 3 is 2.10 bits per heavy atom. The molecule has 0 radical (unpaired) electrons. The fraction of sp³-hybridized carbons (Fsp3) is 0.500. The summed E-state index contributed by atoms with van der Waals surface area (Å²) in [6.07, 6.45) is -0.0185. The maximum absolute atomic E-state index is 13.7. The fourth-order valence-corrected chi connectivity index (χ4v) is 4.62. The number of carbonyl (C=O) groups excluding carboxylic acids is 3. The number of benzene rings is 1. The topological polar surface area (TPSA) is 188 Å². The number of unbranched alkanes of at least 4 members (excludes halogenated alkanes) is 2. The monoisotopic (exact) mass is 599 g/mol. The van der Waals surface area contributed by atoms with Crippen molar-refractivity contribution in [2.45, 2.75) is 65.0 Å². The Hall–Kier alpha value is -3.91. The number of alkyl halides is 3. The maximum atomic E-state index is 13.7. The van der Waals surface area contributed by atoms with Crippen LogP contribution in [0.4, 0.5) is 13.2 Å². The number of hydrogen-bond donors (Lipinski definition) is 6. The van der Waals surface area contributed by atoms with Crippen LogP contribution in [0, 0.1) is 6.92 Å². The molecule has 0 aromatic heterocycles. The molecule has 232 valence electrons. The molecule has 1 aliphatic heterocycles. The summed E-state index contributed by atoms with van der Waals surface area (Å²) in [5.74, 6) is -5.07. The van der Waals surface area contributed by atoms with Crippen LogP contribution in [-0.2, 0) is 19.8 Å². The van der Waals surface area contributed by atoms with Gasteiger partial charge in [0.2, 0.25) is 0 Å². The lowest BCUT2D eigenvalue weighted by molar-refractivity contribution is -0.192. The lowest BCUT2D eigenvalue weighted by atomic mass is 9.70. The molecule has 7 N–H and O–H groups in total. The highest BCUT2D eigenvalue weighted by atomic mass is 19.4. The van der Waals surface area contributed by atoms with Crippen molar-refractivity contribution >= 4 is 23.3 Å². The van der Waals surface area contributed by atoms with Crippen molar-refractivity contribution in [3.05, 3.63) is 39.8 Å². The number of phenols is 2. The average Bonchev–Trinajstić information content (AvgIpc) is 3.18. The van der Waals surface area contributed by atoms with Crippen LogP contribution in [0.25, 0.3) is 0 Å². The highest BCUT2D eigenvalue weighted by Gasteiger charge is 2.56. The summed E-state index contributed by atoms with van der Waals surface area (Å²) in [7, 11) is 0. The Kier molecular flexibility index (Phi) is 11.3. The van der Waals surface area contributed by atoms with Crippen molar-refractivity contribution in [3.8, 4) is 17.2 Å². The first-order chi connectivity index (χ1) is 19.5. The first-order valence-electron chi connectivity index (χ1n) is 13.3. The van der Waals surface area contributed by atoms with Crippen LogP contribution in [0.5, 0.6) is 17.2 Å². The molecule has 3 rings (SSSR count). The molecule has 0 spiro atoms. The zero-order valence-corrected chi connectivity index (χ0v) is 23.8. The number of allylic oxidation sites excluding steroid dienone is 4. The second-order valence-electron chi connectivity index (χ2n) is 10.1. The maximum Gasteiger partial charge on any atom is 0.490 e. The third kappa shape index (κ3) is 7.10. The molecule has 1 aliphatic carbocycles. The van der Waals surface area contributed by atoms with E-state index in [0.29, 0.717) is 18.8 Å². The number of nitrogens with two attached hydrogens (primary N) is 1. The number of carboxylic acids is 1. The van der Waals surface area contributed by atoms with Crippen molar-refractivity contribution in [2.24, 2.45) is 5.73 Å². The summed E-state index contributed by atoms with van der Waals surface area (Å²) in [5, 5.41) is 35.0. The number of carboxylic acid groups (broad SMARTS) is 1. The van der Waals surface area contributed by atoms with Crippen molar-refractivity contribution in [1.29, 1.82) is 0 Å². The van der Waals surface area contributed by atoms with E-state index in [2.05, 4.69) is 10.6 Å². The number of hydrogen-bond acceptors (Lipinski definition) is 10. The van der Waals surface area contributed by atoms with Gasteiger partial charge in [-0.3, -0.25) is 14.4 Å². The number of carbonyl (C=O) groups is 4. The highest BCUT2D eigenvalue weighted by Crippen LogP contribution is 2.57. The zero-order valence-electron chi connectivity index (χ0n) is 23.8. The number of ketones is 3. The summed E-state index contributed by atoms with van der Waals surface area (Å²) in [4.78, 5) is 47.8. The van der Waals surface area contributed by atoms with Crippen molar-refractivity contribution < 1.29 is 52.4 Å². The van der Waals surface area contributed by atoms with Gasteiger partial charge in [0, 0.05) is 23.9 Å². The van der Waals surface area contributed by atoms with Crippen LogP contribution in [0.1, 0.15) is 67.9 Å². The first-order valence-corrected chi connectivity index (χ1v) is 13.3. The molecule has 0 fully saturated rings. The van der Waals surface area contributed by atoms with E-state index >= 15 is 0 Å². The molecule has 42 heavy (non-hydrogen) atoms. The normalized spacial score (nSPS) is 18.7. The lowest BCUT2D eigenvalue weighted by Crippen LogP contribution is -2.41. The van der Waals surface area contributed by atoms with Crippen LogP contribution >= 0.6 is 0 Å². The van der Waals surface area contributed by atoms with Crippen LogP contribution in [0.3, 0.4) is 0 Å². The Morgan fingerprint density at radius 2 is 1.57 bits per heavy atom. The summed E-state index contributed by atoms with van der Waals surface area (Å²) < 4.78 is 37.5. The van der Waals surface area contributed by atoms with Gasteiger partial charge in [-0.1, -0.05) is 0 Å². The molecule has 0 bridgehead atoms. The quantitative estimate of drug-likeness (QED) is 0.0950. The highest BCUT2D eigenvalue weighted by molar-refractivity contribution is 6.31. The molecular formula is C28H36F3N3O8. The van der Waals surface area contributed by atoms with E-state index in [1.165, 1.54) is 19.9 Å². The predicted molar refractivity (Wildman–Crippen MR) is 145 cm³/mol. The van der Waals surface area contributed by atoms with Gasteiger partial charge in [-0.2, -0.15) is 13.2 Å². The van der Waals surface area contributed by atoms with Gasteiger partial charge < -0.3 is 36.4 Å². The molecule has 1 aromatic carbocycles. The second kappa shape index (κ2) is 13.8. The number of ether oxygens (including phenoxy) is 1. The number of aromatic hydroxyl groups is 2. The van der Waals surface area contributed by atoms with E-state index in [1.807, 2.05) is 0 Å². The molecule has 11 nitrogen and oxygen atoms in total. The molecule has 1 heterocycles. The lowest BCUT2D eigenvalue weighted by Gasteiger charge is -2.29. The number of fused-ring (bicyclic) bond motifs is 3. The summed E-state index contributed by atoms with van der Waals surface area (Å²) >= 11 is 0. The van der Waals surface area contributed by atoms with E-state index in [4.69, 9.17) is 20.4 Å². The number of rotatable bonds is 11. The van der Waals surface area contributed by atoms with Gasteiger partial charge in [-0.25, -0.2) is 4.79 Å². The molecule has 0 saturated heterocycles. The zero-order chi connectivity index (χ0) is 32.0. The molecule has 14 heteroatoms. The molecule has 0 unspecified atom stereocenters. The summed E-state index contributed by atoms with van der Waals surface area (Å²) in [6.45, 7) is 9.05. The van der Waals surface area contributed by atoms with E-state index in [-0.39, 0.29) is 39.5 Å². The molecule has 2 aliphatic rings.